The minimum Gasteiger partial charge on any atom is -0.450 e. The third kappa shape index (κ3) is 3.36. The molecule has 3 aromatic rings. The zero-order valence-corrected chi connectivity index (χ0v) is 17.1. The molecule has 2 heterocycles. The van der Waals surface area contributed by atoms with Crippen LogP contribution >= 0.6 is 0 Å². The van der Waals surface area contributed by atoms with Crippen LogP contribution in [-0.4, -0.2) is 41.9 Å². The summed E-state index contributed by atoms with van der Waals surface area (Å²) in [6.45, 7) is 9.38. The average Bonchev–Trinajstić information content (AvgIpc) is 3.02. The van der Waals surface area contributed by atoms with Crippen LogP contribution in [0.5, 0.6) is 0 Å². The van der Waals surface area contributed by atoms with E-state index in [9.17, 15) is 9.59 Å². The molecule has 5 heteroatoms. The van der Waals surface area contributed by atoms with Crippen LogP contribution in [0.1, 0.15) is 47.1 Å². The highest BCUT2D eigenvalue weighted by molar-refractivity contribution is 5.99. The summed E-state index contributed by atoms with van der Waals surface area (Å²) in [5.74, 6) is -0.0283. The van der Waals surface area contributed by atoms with Crippen molar-refractivity contribution in [2.45, 2.75) is 26.8 Å². The highest BCUT2D eigenvalue weighted by atomic mass is 16.3. The number of nitrogens with zero attached hydrogens (tertiary/aromatic N) is 2. The summed E-state index contributed by atoms with van der Waals surface area (Å²) in [5.41, 5.74) is 2.87. The van der Waals surface area contributed by atoms with Crippen molar-refractivity contribution >= 4 is 16.9 Å². The lowest BCUT2D eigenvalue weighted by Crippen LogP contribution is -2.37. The molecular weight excluding hydrogens is 364 g/mol. The molecule has 1 atom stereocenters. The van der Waals surface area contributed by atoms with Crippen LogP contribution in [0.3, 0.4) is 0 Å². The third-order valence-electron chi connectivity index (χ3n) is 5.82. The first-order valence-corrected chi connectivity index (χ1v) is 10.2. The van der Waals surface area contributed by atoms with E-state index in [2.05, 4.69) is 18.7 Å². The van der Waals surface area contributed by atoms with E-state index < -0.39 is 6.04 Å². The molecule has 0 radical (unpaired) electrons. The van der Waals surface area contributed by atoms with E-state index in [1.807, 2.05) is 43.3 Å². The van der Waals surface area contributed by atoms with Gasteiger partial charge in [-0.05, 0) is 37.7 Å². The fourth-order valence-corrected chi connectivity index (χ4v) is 4.08. The lowest BCUT2D eigenvalue weighted by Gasteiger charge is -2.28. The van der Waals surface area contributed by atoms with Gasteiger partial charge < -0.3 is 14.2 Å². The van der Waals surface area contributed by atoms with Crippen molar-refractivity contribution in [2.75, 3.05) is 26.2 Å². The number of carbonyl (C=O) groups excluding carboxylic acids is 1. The minimum absolute atomic E-state index is 0.119. The van der Waals surface area contributed by atoms with E-state index in [1.54, 1.807) is 17.0 Å². The monoisotopic (exact) mass is 390 g/mol. The number of para-hydroxylation sites is 1. The van der Waals surface area contributed by atoms with Gasteiger partial charge in [0, 0.05) is 13.1 Å². The lowest BCUT2D eigenvalue weighted by molar-refractivity contribution is 0.0708. The summed E-state index contributed by atoms with van der Waals surface area (Å²) >= 11 is 0. The van der Waals surface area contributed by atoms with Gasteiger partial charge in [0.1, 0.15) is 5.58 Å². The van der Waals surface area contributed by atoms with Crippen LogP contribution in [0.25, 0.3) is 11.0 Å². The number of benzene rings is 2. The molecule has 0 fully saturated rings. The Hall–Kier alpha value is -2.92. The molecule has 0 N–H and O–H groups in total. The topological polar surface area (TPSA) is 53.8 Å². The van der Waals surface area contributed by atoms with Gasteiger partial charge in [-0.25, -0.2) is 0 Å². The maximum Gasteiger partial charge on any atom is 0.290 e. The number of likely N-dealkylation sites (N-methyl/N-ethyl adjacent to an activating group) is 1. The normalized spacial score (nSPS) is 16.1. The Kier molecular flexibility index (Phi) is 5.24. The van der Waals surface area contributed by atoms with Gasteiger partial charge in [0.2, 0.25) is 5.76 Å². The third-order valence-corrected chi connectivity index (χ3v) is 5.82. The summed E-state index contributed by atoms with van der Waals surface area (Å²) in [7, 11) is 0. The fraction of sp³-hybridized carbons (Fsp3) is 0.333. The number of hydrogen-bond acceptors (Lipinski definition) is 4. The number of carbonyl (C=O) groups is 1. The molecule has 1 aromatic heterocycles. The van der Waals surface area contributed by atoms with E-state index in [4.69, 9.17) is 4.42 Å². The predicted molar refractivity (Wildman–Crippen MR) is 114 cm³/mol. The SMILES string of the molecule is CCN(CC)CCN1C(=O)c2oc3ccccc3c(=O)c2[C@H]1c1ccc(C)cc1. The predicted octanol–water partition coefficient (Wildman–Crippen LogP) is 3.99. The van der Waals surface area contributed by atoms with Crippen molar-refractivity contribution in [3.8, 4) is 0 Å². The minimum atomic E-state index is -0.422. The highest BCUT2D eigenvalue weighted by Crippen LogP contribution is 2.38. The molecule has 150 valence electrons. The number of rotatable bonds is 6. The van der Waals surface area contributed by atoms with Gasteiger partial charge in [0.15, 0.2) is 5.43 Å². The Morgan fingerprint density at radius 3 is 2.38 bits per heavy atom. The van der Waals surface area contributed by atoms with Gasteiger partial charge in [0.25, 0.3) is 5.91 Å². The Balaban J connectivity index is 1.85. The fourth-order valence-electron chi connectivity index (χ4n) is 4.08. The zero-order chi connectivity index (χ0) is 20.5. The summed E-state index contributed by atoms with van der Waals surface area (Å²) in [5, 5.41) is 0.516. The van der Waals surface area contributed by atoms with Crippen LogP contribution < -0.4 is 5.43 Å². The Morgan fingerprint density at radius 2 is 1.69 bits per heavy atom. The Morgan fingerprint density at radius 1 is 1.00 bits per heavy atom. The largest absolute Gasteiger partial charge is 0.450 e. The number of aryl methyl sites for hydroxylation is 1. The van der Waals surface area contributed by atoms with Gasteiger partial charge >= 0.3 is 0 Å². The molecule has 29 heavy (non-hydrogen) atoms. The summed E-state index contributed by atoms with van der Waals surface area (Å²) in [6.07, 6.45) is 0. The maximum absolute atomic E-state index is 13.4. The first kappa shape index (κ1) is 19.4. The Labute approximate surface area is 170 Å². The van der Waals surface area contributed by atoms with Crippen molar-refractivity contribution in [1.29, 1.82) is 0 Å². The van der Waals surface area contributed by atoms with Crippen molar-refractivity contribution in [2.24, 2.45) is 0 Å². The smallest absolute Gasteiger partial charge is 0.290 e. The standard InChI is InChI=1S/C24H26N2O3/c1-4-25(5-2)14-15-26-21(17-12-10-16(3)11-13-17)20-22(27)18-8-6-7-9-19(18)29-23(20)24(26)28/h6-13,21H,4-5,14-15H2,1-3H3/t21-/m1/s1. The van der Waals surface area contributed by atoms with Crippen LogP contribution in [0, 0.1) is 6.92 Å². The first-order chi connectivity index (χ1) is 14.0. The van der Waals surface area contributed by atoms with Crippen molar-refractivity contribution in [1.82, 2.24) is 9.80 Å². The number of hydrogen-bond donors (Lipinski definition) is 0. The molecule has 1 amide bonds. The second-order valence-electron chi connectivity index (χ2n) is 7.51. The van der Waals surface area contributed by atoms with Crippen molar-refractivity contribution in [3.05, 3.63) is 81.2 Å². The Bertz CT molecular complexity index is 1100. The second kappa shape index (κ2) is 7.84. The van der Waals surface area contributed by atoms with E-state index in [0.29, 0.717) is 23.1 Å². The second-order valence-corrected chi connectivity index (χ2v) is 7.51. The molecule has 0 spiro atoms. The van der Waals surface area contributed by atoms with Crippen LogP contribution in [0.2, 0.25) is 0 Å². The van der Waals surface area contributed by atoms with Crippen LogP contribution in [-0.2, 0) is 0 Å². The number of amides is 1. The lowest BCUT2D eigenvalue weighted by atomic mass is 9.98. The van der Waals surface area contributed by atoms with Crippen LogP contribution in [0.4, 0.5) is 0 Å². The maximum atomic E-state index is 13.4. The summed E-state index contributed by atoms with van der Waals surface area (Å²) < 4.78 is 5.96. The van der Waals surface area contributed by atoms with Gasteiger partial charge in [-0.15, -0.1) is 0 Å². The molecule has 4 rings (SSSR count). The van der Waals surface area contributed by atoms with Gasteiger partial charge in [-0.3, -0.25) is 9.59 Å². The van der Waals surface area contributed by atoms with E-state index in [1.165, 1.54) is 0 Å². The zero-order valence-electron chi connectivity index (χ0n) is 17.1. The summed E-state index contributed by atoms with van der Waals surface area (Å²) in [6, 6.07) is 14.7. The molecule has 0 saturated carbocycles. The quantitative estimate of drug-likeness (QED) is 0.639. The number of fused-ring (bicyclic) bond motifs is 2. The molecule has 2 aromatic carbocycles. The molecular formula is C24H26N2O3. The average molecular weight is 390 g/mol. The van der Waals surface area contributed by atoms with E-state index >= 15 is 0 Å². The van der Waals surface area contributed by atoms with Gasteiger partial charge in [-0.2, -0.15) is 0 Å². The molecule has 0 bridgehead atoms. The van der Waals surface area contributed by atoms with Crippen molar-refractivity contribution < 1.29 is 9.21 Å². The first-order valence-electron chi connectivity index (χ1n) is 10.2. The van der Waals surface area contributed by atoms with E-state index in [0.717, 1.165) is 30.8 Å². The molecule has 5 nitrogen and oxygen atoms in total. The molecule has 0 aliphatic carbocycles. The molecule has 1 aliphatic rings. The van der Waals surface area contributed by atoms with E-state index in [-0.39, 0.29) is 17.1 Å². The van der Waals surface area contributed by atoms with Gasteiger partial charge in [0.05, 0.1) is 17.0 Å². The molecule has 0 saturated heterocycles. The summed E-state index contributed by atoms with van der Waals surface area (Å²) in [4.78, 5) is 30.7. The molecule has 0 unspecified atom stereocenters. The molecule has 1 aliphatic heterocycles. The van der Waals surface area contributed by atoms with Gasteiger partial charge in [-0.1, -0.05) is 55.8 Å². The highest BCUT2D eigenvalue weighted by Gasteiger charge is 2.42. The van der Waals surface area contributed by atoms with Crippen molar-refractivity contribution in [3.63, 3.8) is 0 Å². The van der Waals surface area contributed by atoms with Crippen LogP contribution in [0.15, 0.2) is 57.7 Å².